The molecule has 0 aliphatic carbocycles. The van der Waals surface area contributed by atoms with Gasteiger partial charge in [-0.15, -0.1) is 0 Å². The van der Waals surface area contributed by atoms with Crippen molar-refractivity contribution in [2.24, 2.45) is 5.92 Å². The molecule has 8 heteroatoms. The topological polar surface area (TPSA) is 81.2 Å². The number of fused-ring (bicyclic) bond motifs is 1. The predicted octanol–water partition coefficient (Wildman–Crippen LogP) is 2.88. The molecule has 0 spiro atoms. The summed E-state index contributed by atoms with van der Waals surface area (Å²) in [6, 6.07) is 9.47. The van der Waals surface area contributed by atoms with Gasteiger partial charge >= 0.3 is 0 Å². The van der Waals surface area contributed by atoms with Crippen LogP contribution in [-0.2, 0) is 6.54 Å². The van der Waals surface area contributed by atoms with E-state index in [9.17, 15) is 4.79 Å². The van der Waals surface area contributed by atoms with Gasteiger partial charge in [0.2, 0.25) is 0 Å². The summed E-state index contributed by atoms with van der Waals surface area (Å²) in [4.78, 5) is 28.2. The maximum atomic E-state index is 12.6. The fourth-order valence-corrected chi connectivity index (χ4v) is 4.28. The van der Waals surface area contributed by atoms with Crippen LogP contribution in [0.15, 0.2) is 53.8 Å². The Morgan fingerprint density at radius 1 is 1.10 bits per heavy atom. The summed E-state index contributed by atoms with van der Waals surface area (Å²) >= 11 is 0. The minimum atomic E-state index is -0.0187. The van der Waals surface area contributed by atoms with Crippen LogP contribution < -0.4 is 10.5 Å². The first-order valence-electron chi connectivity index (χ1n) is 10.6. The van der Waals surface area contributed by atoms with Gasteiger partial charge in [-0.3, -0.25) is 14.3 Å². The summed E-state index contributed by atoms with van der Waals surface area (Å²) in [6.45, 7) is 6.56. The zero-order valence-electron chi connectivity index (χ0n) is 17.8. The van der Waals surface area contributed by atoms with Gasteiger partial charge in [0.25, 0.3) is 5.56 Å². The second kappa shape index (κ2) is 7.94. The first-order chi connectivity index (χ1) is 15.1. The molecule has 0 radical (unpaired) electrons. The Morgan fingerprint density at radius 3 is 2.68 bits per heavy atom. The van der Waals surface area contributed by atoms with Crippen LogP contribution in [0.3, 0.4) is 0 Å². The SMILES string of the molecule is Cc1cc(N2CCC(Cn3cnc(-c4cccnc4)cc3=O)CC2)n2nc(C)cc2n1. The lowest BCUT2D eigenvalue weighted by Crippen LogP contribution is -2.37. The van der Waals surface area contributed by atoms with E-state index in [2.05, 4.69) is 31.0 Å². The third kappa shape index (κ3) is 3.93. The zero-order valence-corrected chi connectivity index (χ0v) is 17.8. The molecule has 0 N–H and O–H groups in total. The van der Waals surface area contributed by atoms with E-state index in [0.717, 1.165) is 54.3 Å². The maximum absolute atomic E-state index is 12.6. The molecule has 1 saturated heterocycles. The van der Waals surface area contributed by atoms with Gasteiger partial charge in [0.15, 0.2) is 5.65 Å². The van der Waals surface area contributed by atoms with E-state index in [4.69, 9.17) is 0 Å². The molecule has 1 aliphatic heterocycles. The highest BCUT2D eigenvalue weighted by Crippen LogP contribution is 2.25. The Balaban J connectivity index is 1.28. The number of anilines is 1. The molecule has 0 amide bonds. The van der Waals surface area contributed by atoms with Crippen molar-refractivity contribution < 1.29 is 0 Å². The molecule has 0 bridgehead atoms. The van der Waals surface area contributed by atoms with E-state index >= 15 is 0 Å². The van der Waals surface area contributed by atoms with Crippen LogP contribution >= 0.6 is 0 Å². The molecule has 158 valence electrons. The van der Waals surface area contributed by atoms with Crippen molar-refractivity contribution in [3.8, 4) is 11.3 Å². The van der Waals surface area contributed by atoms with Crippen molar-refractivity contribution in [2.45, 2.75) is 33.2 Å². The van der Waals surface area contributed by atoms with Crippen LogP contribution in [0.5, 0.6) is 0 Å². The summed E-state index contributed by atoms with van der Waals surface area (Å²) < 4.78 is 3.67. The van der Waals surface area contributed by atoms with Crippen molar-refractivity contribution in [1.82, 2.24) is 29.1 Å². The molecule has 4 aromatic rings. The second-order valence-corrected chi connectivity index (χ2v) is 8.25. The number of aromatic nitrogens is 6. The Bertz CT molecular complexity index is 1270. The quantitative estimate of drug-likeness (QED) is 0.510. The number of pyridine rings is 1. The molecule has 1 fully saturated rings. The Kier molecular flexibility index (Phi) is 4.97. The molecule has 0 unspecified atom stereocenters. The number of hydrogen-bond donors (Lipinski definition) is 0. The highest BCUT2D eigenvalue weighted by molar-refractivity contribution is 5.56. The zero-order chi connectivity index (χ0) is 21.4. The molecule has 5 heterocycles. The van der Waals surface area contributed by atoms with E-state index in [1.807, 2.05) is 36.6 Å². The average Bonchev–Trinajstić information content (AvgIpc) is 3.15. The molecule has 31 heavy (non-hydrogen) atoms. The molecule has 5 rings (SSSR count). The number of aryl methyl sites for hydroxylation is 2. The van der Waals surface area contributed by atoms with Crippen molar-refractivity contribution >= 4 is 11.5 Å². The van der Waals surface area contributed by atoms with E-state index in [0.29, 0.717) is 18.2 Å². The standard InChI is InChI=1S/C23H25N7O/c1-16-11-22(30-21(26-16)10-17(2)27-30)28-8-5-18(6-9-28)14-29-15-25-20(12-23(29)31)19-4-3-7-24-13-19/h3-4,7,10-13,15,18H,5-6,8-9,14H2,1-2H3. The Labute approximate surface area is 180 Å². The monoisotopic (exact) mass is 415 g/mol. The van der Waals surface area contributed by atoms with Crippen LogP contribution in [0.25, 0.3) is 16.9 Å². The van der Waals surface area contributed by atoms with Crippen molar-refractivity contribution in [2.75, 3.05) is 18.0 Å². The molecule has 0 atom stereocenters. The average molecular weight is 416 g/mol. The molecule has 1 aliphatic rings. The van der Waals surface area contributed by atoms with Gasteiger partial charge in [-0.25, -0.2) is 9.97 Å². The largest absolute Gasteiger partial charge is 0.356 e. The van der Waals surface area contributed by atoms with Crippen molar-refractivity contribution in [3.05, 3.63) is 70.8 Å². The van der Waals surface area contributed by atoms with E-state index in [-0.39, 0.29) is 5.56 Å². The molecular weight excluding hydrogens is 390 g/mol. The highest BCUT2D eigenvalue weighted by atomic mass is 16.1. The van der Waals surface area contributed by atoms with Crippen LogP contribution in [0, 0.1) is 19.8 Å². The van der Waals surface area contributed by atoms with Crippen molar-refractivity contribution in [3.63, 3.8) is 0 Å². The van der Waals surface area contributed by atoms with Gasteiger partial charge in [0.1, 0.15) is 5.82 Å². The minimum absolute atomic E-state index is 0.0187. The van der Waals surface area contributed by atoms with Crippen LogP contribution in [0.1, 0.15) is 24.2 Å². The van der Waals surface area contributed by atoms with Gasteiger partial charge in [-0.1, -0.05) is 0 Å². The number of piperidine rings is 1. The lowest BCUT2D eigenvalue weighted by atomic mass is 9.96. The molecule has 4 aromatic heterocycles. The number of hydrogen-bond acceptors (Lipinski definition) is 6. The van der Waals surface area contributed by atoms with E-state index in [1.54, 1.807) is 29.4 Å². The van der Waals surface area contributed by atoms with E-state index < -0.39 is 0 Å². The molecule has 0 aromatic carbocycles. The van der Waals surface area contributed by atoms with Crippen LogP contribution in [0.4, 0.5) is 5.82 Å². The summed E-state index contributed by atoms with van der Waals surface area (Å²) in [5.74, 6) is 1.53. The summed E-state index contributed by atoms with van der Waals surface area (Å²) in [7, 11) is 0. The molecule has 0 saturated carbocycles. The van der Waals surface area contributed by atoms with Gasteiger partial charge in [-0.2, -0.15) is 9.61 Å². The first kappa shape index (κ1) is 19.4. The van der Waals surface area contributed by atoms with Gasteiger partial charge < -0.3 is 4.90 Å². The third-order valence-electron chi connectivity index (χ3n) is 5.89. The van der Waals surface area contributed by atoms with Gasteiger partial charge in [0, 0.05) is 61.5 Å². The second-order valence-electron chi connectivity index (χ2n) is 8.25. The number of nitrogens with zero attached hydrogens (tertiary/aromatic N) is 7. The maximum Gasteiger partial charge on any atom is 0.253 e. The van der Waals surface area contributed by atoms with Crippen molar-refractivity contribution in [1.29, 1.82) is 0 Å². The Hall–Kier alpha value is -3.55. The summed E-state index contributed by atoms with van der Waals surface area (Å²) in [5, 5.41) is 4.62. The predicted molar refractivity (Wildman–Crippen MR) is 119 cm³/mol. The van der Waals surface area contributed by atoms with Crippen LogP contribution in [-0.4, -0.2) is 42.2 Å². The van der Waals surface area contributed by atoms with Gasteiger partial charge in [-0.05, 0) is 44.7 Å². The lowest BCUT2D eigenvalue weighted by molar-refractivity contribution is 0.349. The van der Waals surface area contributed by atoms with Crippen LogP contribution in [0.2, 0.25) is 0 Å². The van der Waals surface area contributed by atoms with E-state index in [1.165, 1.54) is 0 Å². The third-order valence-corrected chi connectivity index (χ3v) is 5.89. The lowest BCUT2D eigenvalue weighted by Gasteiger charge is -2.33. The first-order valence-corrected chi connectivity index (χ1v) is 10.6. The van der Waals surface area contributed by atoms with Gasteiger partial charge in [0.05, 0.1) is 17.7 Å². The highest BCUT2D eigenvalue weighted by Gasteiger charge is 2.22. The summed E-state index contributed by atoms with van der Waals surface area (Å²) in [5.41, 5.74) is 4.35. The fraction of sp³-hybridized carbons (Fsp3) is 0.348. The smallest absolute Gasteiger partial charge is 0.253 e. The molecular formula is C23H25N7O. The Morgan fingerprint density at radius 2 is 1.94 bits per heavy atom. The molecule has 8 nitrogen and oxygen atoms in total. The fourth-order valence-electron chi connectivity index (χ4n) is 4.28. The minimum Gasteiger partial charge on any atom is -0.356 e. The normalized spacial score (nSPS) is 15.0. The summed E-state index contributed by atoms with van der Waals surface area (Å²) in [6.07, 6.45) is 7.13. The number of rotatable bonds is 4.